The summed E-state index contributed by atoms with van der Waals surface area (Å²) in [5, 5.41) is 2.77. The molecule has 0 atom stereocenters. The number of amides is 1. The van der Waals surface area contributed by atoms with Crippen LogP contribution in [0.4, 0.5) is 5.69 Å². The molecule has 0 aliphatic heterocycles. The number of aryl methyl sites for hydroxylation is 2. The van der Waals surface area contributed by atoms with Crippen LogP contribution < -0.4 is 10.1 Å². The lowest BCUT2D eigenvalue weighted by Crippen LogP contribution is -2.05. The highest BCUT2D eigenvalue weighted by atomic mass is 16.5. The molecule has 0 saturated heterocycles. The first-order chi connectivity index (χ1) is 11.4. The number of carbonyl (C=O) groups excluding carboxylic acids is 1. The minimum atomic E-state index is 0.536. The first-order valence-corrected chi connectivity index (χ1v) is 8.10. The zero-order valence-corrected chi connectivity index (χ0v) is 15.1. The molecule has 2 aromatic rings. The highest BCUT2D eigenvalue weighted by Crippen LogP contribution is 2.31. The quantitative estimate of drug-likeness (QED) is 0.762. The zero-order valence-electron chi connectivity index (χ0n) is 15.1. The summed E-state index contributed by atoms with van der Waals surface area (Å²) in [6.45, 7) is 10.7. The van der Waals surface area contributed by atoms with Crippen LogP contribution in [0.3, 0.4) is 0 Å². The van der Waals surface area contributed by atoms with E-state index in [1.165, 1.54) is 11.1 Å². The Morgan fingerprint density at radius 3 is 2.38 bits per heavy atom. The second-order valence-electron chi connectivity index (χ2n) is 6.27. The van der Waals surface area contributed by atoms with E-state index in [-0.39, 0.29) is 0 Å². The Kier molecular flexibility index (Phi) is 5.80. The maximum atomic E-state index is 10.7. The van der Waals surface area contributed by atoms with Crippen molar-refractivity contribution in [3.8, 4) is 5.75 Å². The summed E-state index contributed by atoms with van der Waals surface area (Å²) in [5.74, 6) is 0.859. The SMILES string of the molecule is CC(=Cc1ccc(C)cc1)COc1cc(C)c(NC=O)c(C)c1C. The van der Waals surface area contributed by atoms with Crippen LogP contribution in [0.25, 0.3) is 6.08 Å². The molecule has 0 aromatic heterocycles. The van der Waals surface area contributed by atoms with Gasteiger partial charge in [0.25, 0.3) is 0 Å². The predicted octanol–water partition coefficient (Wildman–Crippen LogP) is 4.97. The Morgan fingerprint density at radius 1 is 1.08 bits per heavy atom. The summed E-state index contributed by atoms with van der Waals surface area (Å²) in [4.78, 5) is 10.7. The Balaban J connectivity index is 2.14. The first kappa shape index (κ1) is 17.8. The summed E-state index contributed by atoms with van der Waals surface area (Å²) in [6.07, 6.45) is 2.85. The predicted molar refractivity (Wildman–Crippen MR) is 101 cm³/mol. The van der Waals surface area contributed by atoms with E-state index in [9.17, 15) is 4.79 Å². The molecule has 0 heterocycles. The van der Waals surface area contributed by atoms with Gasteiger partial charge in [0.1, 0.15) is 12.4 Å². The smallest absolute Gasteiger partial charge is 0.211 e. The van der Waals surface area contributed by atoms with Gasteiger partial charge in [0, 0.05) is 5.69 Å². The van der Waals surface area contributed by atoms with E-state index in [1.54, 1.807) is 0 Å². The fraction of sp³-hybridized carbons (Fsp3) is 0.286. The third-order valence-electron chi connectivity index (χ3n) is 4.20. The van der Waals surface area contributed by atoms with E-state index in [4.69, 9.17) is 4.74 Å². The van der Waals surface area contributed by atoms with E-state index >= 15 is 0 Å². The minimum absolute atomic E-state index is 0.536. The van der Waals surface area contributed by atoms with Gasteiger partial charge in [0.05, 0.1) is 0 Å². The molecule has 1 N–H and O–H groups in total. The monoisotopic (exact) mass is 323 g/mol. The summed E-state index contributed by atoms with van der Waals surface area (Å²) in [7, 11) is 0. The lowest BCUT2D eigenvalue weighted by molar-refractivity contribution is -0.105. The largest absolute Gasteiger partial charge is 0.489 e. The third kappa shape index (κ3) is 4.25. The van der Waals surface area contributed by atoms with Crippen molar-refractivity contribution >= 4 is 18.2 Å². The van der Waals surface area contributed by atoms with Crippen molar-refractivity contribution in [2.75, 3.05) is 11.9 Å². The van der Waals surface area contributed by atoms with Crippen molar-refractivity contribution < 1.29 is 9.53 Å². The van der Waals surface area contributed by atoms with Crippen LogP contribution in [0.15, 0.2) is 35.9 Å². The van der Waals surface area contributed by atoms with Crippen LogP contribution in [0.1, 0.15) is 34.7 Å². The maximum Gasteiger partial charge on any atom is 0.211 e. The number of hydrogen-bond acceptors (Lipinski definition) is 2. The van der Waals surface area contributed by atoms with Crippen molar-refractivity contribution in [3.63, 3.8) is 0 Å². The van der Waals surface area contributed by atoms with Crippen molar-refractivity contribution in [2.45, 2.75) is 34.6 Å². The number of rotatable bonds is 6. The lowest BCUT2D eigenvalue weighted by Gasteiger charge is -2.16. The fourth-order valence-electron chi connectivity index (χ4n) is 2.66. The molecule has 0 bridgehead atoms. The summed E-state index contributed by atoms with van der Waals surface area (Å²) in [6, 6.07) is 10.4. The lowest BCUT2D eigenvalue weighted by atomic mass is 10.0. The number of benzene rings is 2. The van der Waals surface area contributed by atoms with Crippen LogP contribution in [0.5, 0.6) is 5.75 Å². The molecular formula is C21H25NO2. The molecule has 0 aliphatic carbocycles. The summed E-state index contributed by atoms with van der Waals surface area (Å²) < 4.78 is 6.00. The normalized spacial score (nSPS) is 11.3. The van der Waals surface area contributed by atoms with Crippen LogP contribution in [0, 0.1) is 27.7 Å². The van der Waals surface area contributed by atoms with Gasteiger partial charge in [-0.05, 0) is 68.5 Å². The van der Waals surface area contributed by atoms with Gasteiger partial charge in [0.2, 0.25) is 6.41 Å². The molecule has 0 unspecified atom stereocenters. The average Bonchev–Trinajstić information content (AvgIpc) is 2.56. The average molecular weight is 323 g/mol. The van der Waals surface area contributed by atoms with Gasteiger partial charge in [-0.2, -0.15) is 0 Å². The number of ether oxygens (including phenoxy) is 1. The van der Waals surface area contributed by atoms with Gasteiger partial charge in [-0.25, -0.2) is 0 Å². The molecule has 2 rings (SSSR count). The summed E-state index contributed by atoms with van der Waals surface area (Å²) in [5.41, 5.74) is 7.54. The highest BCUT2D eigenvalue weighted by Gasteiger charge is 2.11. The first-order valence-electron chi connectivity index (χ1n) is 8.10. The van der Waals surface area contributed by atoms with Crippen LogP contribution in [-0.2, 0) is 4.79 Å². The third-order valence-corrected chi connectivity index (χ3v) is 4.20. The van der Waals surface area contributed by atoms with Gasteiger partial charge < -0.3 is 10.1 Å². The zero-order chi connectivity index (χ0) is 17.7. The van der Waals surface area contributed by atoms with E-state index < -0.39 is 0 Å². The molecule has 0 fully saturated rings. The number of hydrogen-bond donors (Lipinski definition) is 1. The highest BCUT2D eigenvalue weighted by molar-refractivity contribution is 5.77. The molecule has 1 amide bonds. The standard InChI is InChI=1S/C21H25NO2/c1-14-6-8-19(9-7-14)10-15(2)12-24-20-11-16(3)21(22-13-23)18(5)17(20)4/h6-11,13H,12H2,1-5H3,(H,22,23). The molecule has 0 aliphatic rings. The summed E-state index contributed by atoms with van der Waals surface area (Å²) >= 11 is 0. The van der Waals surface area contributed by atoms with Gasteiger partial charge >= 0.3 is 0 Å². The maximum absolute atomic E-state index is 10.7. The topological polar surface area (TPSA) is 38.3 Å². The second kappa shape index (κ2) is 7.82. The molecular weight excluding hydrogens is 298 g/mol. The fourth-order valence-corrected chi connectivity index (χ4v) is 2.66. The minimum Gasteiger partial charge on any atom is -0.489 e. The van der Waals surface area contributed by atoms with Crippen LogP contribution in [0.2, 0.25) is 0 Å². The van der Waals surface area contributed by atoms with Crippen molar-refractivity contribution in [3.05, 3.63) is 63.7 Å². The molecule has 0 saturated carbocycles. The Labute approximate surface area is 144 Å². The number of carbonyl (C=O) groups is 1. The number of nitrogens with one attached hydrogen (secondary N) is 1. The Hall–Kier alpha value is -2.55. The molecule has 0 radical (unpaired) electrons. The van der Waals surface area contributed by atoms with Gasteiger partial charge in [-0.15, -0.1) is 0 Å². The Bertz CT molecular complexity index is 758. The van der Waals surface area contributed by atoms with E-state index in [0.29, 0.717) is 13.0 Å². The molecule has 0 spiro atoms. The van der Waals surface area contributed by atoms with Gasteiger partial charge in [-0.3, -0.25) is 4.79 Å². The molecule has 3 heteroatoms. The Morgan fingerprint density at radius 2 is 1.75 bits per heavy atom. The van der Waals surface area contributed by atoms with Crippen molar-refractivity contribution in [2.24, 2.45) is 0 Å². The van der Waals surface area contributed by atoms with Crippen molar-refractivity contribution in [1.82, 2.24) is 0 Å². The molecule has 24 heavy (non-hydrogen) atoms. The van der Waals surface area contributed by atoms with Crippen molar-refractivity contribution in [1.29, 1.82) is 0 Å². The molecule has 2 aromatic carbocycles. The van der Waals surface area contributed by atoms with Crippen LogP contribution in [-0.4, -0.2) is 13.0 Å². The van der Waals surface area contributed by atoms with Gasteiger partial charge in [0.15, 0.2) is 0 Å². The number of anilines is 1. The van der Waals surface area contributed by atoms with Crippen LogP contribution >= 0.6 is 0 Å². The second-order valence-corrected chi connectivity index (χ2v) is 6.27. The van der Waals surface area contributed by atoms with E-state index in [0.717, 1.165) is 33.7 Å². The van der Waals surface area contributed by atoms with E-state index in [1.807, 2.05) is 26.8 Å². The molecule has 3 nitrogen and oxygen atoms in total. The van der Waals surface area contributed by atoms with Gasteiger partial charge in [-0.1, -0.05) is 35.9 Å². The van der Waals surface area contributed by atoms with E-state index in [2.05, 4.69) is 49.5 Å². The molecule has 126 valence electrons.